The van der Waals surface area contributed by atoms with E-state index in [1.165, 1.54) is 0 Å². The minimum atomic E-state index is 0.185. The summed E-state index contributed by atoms with van der Waals surface area (Å²) in [6.07, 6.45) is 2.76. The highest BCUT2D eigenvalue weighted by Gasteiger charge is 2.41. The molecule has 3 atom stereocenters. The van der Waals surface area contributed by atoms with Crippen LogP contribution in [0.2, 0.25) is 0 Å². The van der Waals surface area contributed by atoms with E-state index in [4.69, 9.17) is 4.98 Å². The van der Waals surface area contributed by atoms with E-state index in [0.29, 0.717) is 35.7 Å². The lowest BCUT2D eigenvalue weighted by molar-refractivity contribution is -0.134. The predicted molar refractivity (Wildman–Crippen MR) is 105 cm³/mol. The first-order chi connectivity index (χ1) is 12.9. The highest BCUT2D eigenvalue weighted by molar-refractivity contribution is 5.77. The Hall–Kier alpha value is -2.63. The van der Waals surface area contributed by atoms with E-state index in [9.17, 15) is 9.90 Å². The van der Waals surface area contributed by atoms with Gasteiger partial charge in [0.25, 0.3) is 0 Å². The maximum absolute atomic E-state index is 12.0. The van der Waals surface area contributed by atoms with Crippen LogP contribution in [-0.2, 0) is 4.79 Å². The lowest BCUT2D eigenvalue weighted by atomic mass is 9.88. The maximum atomic E-state index is 12.0. The number of anilines is 1. The molecule has 1 aromatic carbocycles. The van der Waals surface area contributed by atoms with Crippen molar-refractivity contribution in [2.45, 2.75) is 32.2 Å². The van der Waals surface area contributed by atoms with Crippen LogP contribution in [0.4, 0.5) is 5.82 Å². The first-order valence-corrected chi connectivity index (χ1v) is 9.53. The van der Waals surface area contributed by atoms with Gasteiger partial charge in [-0.05, 0) is 43.7 Å². The molecule has 0 spiro atoms. The number of benzene rings is 1. The molecule has 1 saturated heterocycles. The molecule has 4 rings (SSSR count). The Kier molecular flexibility index (Phi) is 4.50. The Morgan fingerprint density at radius 2 is 1.93 bits per heavy atom. The second-order valence-corrected chi connectivity index (χ2v) is 7.94. The van der Waals surface area contributed by atoms with Crippen molar-refractivity contribution < 1.29 is 9.90 Å². The molecule has 1 saturated carbocycles. The van der Waals surface area contributed by atoms with Gasteiger partial charge in [-0.3, -0.25) is 4.79 Å². The van der Waals surface area contributed by atoms with E-state index in [0.717, 1.165) is 30.9 Å². The van der Waals surface area contributed by atoms with Crippen LogP contribution < -0.4 is 4.90 Å². The van der Waals surface area contributed by atoms with E-state index in [2.05, 4.69) is 16.9 Å². The van der Waals surface area contributed by atoms with Crippen molar-refractivity contribution in [3.8, 4) is 17.1 Å². The molecule has 2 fully saturated rings. The number of amides is 1. The summed E-state index contributed by atoms with van der Waals surface area (Å²) >= 11 is 0. The summed E-state index contributed by atoms with van der Waals surface area (Å²) in [6, 6.07) is 9.51. The second-order valence-electron chi connectivity index (χ2n) is 7.94. The van der Waals surface area contributed by atoms with Crippen molar-refractivity contribution in [2.75, 3.05) is 25.5 Å². The number of para-hydroxylation sites is 1. The Labute approximate surface area is 159 Å². The van der Waals surface area contributed by atoms with Gasteiger partial charge in [-0.15, -0.1) is 0 Å². The normalized spacial score (nSPS) is 24.8. The molecule has 1 N–H and O–H groups in total. The van der Waals surface area contributed by atoms with Crippen molar-refractivity contribution in [2.24, 2.45) is 11.8 Å². The van der Waals surface area contributed by atoms with Crippen LogP contribution in [0, 0.1) is 18.8 Å². The Bertz CT molecular complexity index is 869. The standard InChI is InChI=1S/C21H26N4O2/c1-13-8-19(23-21(22-13)17-6-4-5-7-18(17)26)25(3)16-9-14-11-20(27)24(2)12-15(14)10-16/h4-8,14-16,26H,9-12H2,1-3H3/t14-,15+,16-/m0/s1. The van der Waals surface area contributed by atoms with Gasteiger partial charge in [0.05, 0.1) is 5.56 Å². The van der Waals surface area contributed by atoms with Gasteiger partial charge in [-0.2, -0.15) is 0 Å². The summed E-state index contributed by atoms with van der Waals surface area (Å²) in [7, 11) is 3.98. The van der Waals surface area contributed by atoms with Gasteiger partial charge in [-0.1, -0.05) is 12.1 Å². The Morgan fingerprint density at radius 1 is 1.19 bits per heavy atom. The number of carbonyl (C=O) groups is 1. The molecule has 6 heteroatoms. The number of hydrogen-bond acceptors (Lipinski definition) is 5. The van der Waals surface area contributed by atoms with Crippen LogP contribution in [0.5, 0.6) is 5.75 Å². The summed E-state index contributed by atoms with van der Waals surface area (Å²) in [4.78, 5) is 25.4. The Balaban J connectivity index is 1.59. The van der Waals surface area contributed by atoms with Gasteiger partial charge in [-0.25, -0.2) is 9.97 Å². The summed E-state index contributed by atoms with van der Waals surface area (Å²) in [5.41, 5.74) is 1.51. The van der Waals surface area contributed by atoms with Crippen LogP contribution in [0.1, 0.15) is 25.0 Å². The summed E-state index contributed by atoms with van der Waals surface area (Å²) in [5.74, 6) is 2.90. The number of piperidine rings is 1. The minimum absolute atomic E-state index is 0.185. The van der Waals surface area contributed by atoms with Crippen LogP contribution >= 0.6 is 0 Å². The molecule has 2 aliphatic rings. The summed E-state index contributed by atoms with van der Waals surface area (Å²) in [6.45, 7) is 2.81. The van der Waals surface area contributed by atoms with Crippen molar-refractivity contribution in [1.29, 1.82) is 0 Å². The zero-order valence-electron chi connectivity index (χ0n) is 16.1. The average molecular weight is 366 g/mol. The van der Waals surface area contributed by atoms with Gasteiger partial charge in [0, 0.05) is 44.9 Å². The van der Waals surface area contributed by atoms with Crippen LogP contribution in [0.25, 0.3) is 11.4 Å². The first-order valence-electron chi connectivity index (χ1n) is 9.53. The number of aromatic nitrogens is 2. The second kappa shape index (κ2) is 6.83. The third-order valence-electron chi connectivity index (χ3n) is 6.08. The zero-order chi connectivity index (χ0) is 19.1. The van der Waals surface area contributed by atoms with Gasteiger partial charge < -0.3 is 14.9 Å². The van der Waals surface area contributed by atoms with Crippen LogP contribution in [0.15, 0.2) is 30.3 Å². The molecule has 1 aliphatic carbocycles. The van der Waals surface area contributed by atoms with Crippen molar-refractivity contribution in [3.05, 3.63) is 36.0 Å². The maximum Gasteiger partial charge on any atom is 0.222 e. The fraction of sp³-hybridized carbons (Fsp3) is 0.476. The molecule has 0 radical (unpaired) electrons. The fourth-order valence-electron chi connectivity index (χ4n) is 4.51. The number of carbonyl (C=O) groups excluding carboxylic acids is 1. The lowest BCUT2D eigenvalue weighted by Gasteiger charge is -2.31. The average Bonchev–Trinajstić information content (AvgIpc) is 3.04. The largest absolute Gasteiger partial charge is 0.507 e. The molecular weight excluding hydrogens is 340 g/mol. The fourth-order valence-corrected chi connectivity index (χ4v) is 4.51. The molecule has 1 aromatic heterocycles. The minimum Gasteiger partial charge on any atom is -0.507 e. The van der Waals surface area contributed by atoms with E-state index < -0.39 is 0 Å². The molecule has 2 aromatic rings. The molecule has 1 amide bonds. The summed E-state index contributed by atoms with van der Waals surface area (Å²) < 4.78 is 0. The van der Waals surface area contributed by atoms with Crippen LogP contribution in [-0.4, -0.2) is 52.6 Å². The lowest BCUT2D eigenvalue weighted by Crippen LogP contribution is -2.39. The topological polar surface area (TPSA) is 69.6 Å². The molecular formula is C21H26N4O2. The van der Waals surface area contributed by atoms with E-state index in [1.807, 2.05) is 37.1 Å². The van der Waals surface area contributed by atoms with E-state index in [1.54, 1.807) is 12.1 Å². The van der Waals surface area contributed by atoms with Gasteiger partial charge in [0.15, 0.2) is 5.82 Å². The number of hydrogen-bond donors (Lipinski definition) is 1. The van der Waals surface area contributed by atoms with Crippen molar-refractivity contribution in [3.63, 3.8) is 0 Å². The number of aromatic hydroxyl groups is 1. The quantitative estimate of drug-likeness (QED) is 0.905. The van der Waals surface area contributed by atoms with Crippen molar-refractivity contribution >= 4 is 11.7 Å². The monoisotopic (exact) mass is 366 g/mol. The highest BCUT2D eigenvalue weighted by atomic mass is 16.3. The molecule has 2 heterocycles. The van der Waals surface area contributed by atoms with Crippen molar-refractivity contribution in [1.82, 2.24) is 14.9 Å². The third kappa shape index (κ3) is 3.36. The number of phenolic OH excluding ortho intramolecular Hbond substituents is 1. The highest BCUT2D eigenvalue weighted by Crippen LogP contribution is 2.41. The number of likely N-dealkylation sites (tertiary alicyclic amines) is 1. The summed E-state index contributed by atoms with van der Waals surface area (Å²) in [5, 5.41) is 10.2. The predicted octanol–water partition coefficient (Wildman–Crippen LogP) is 2.85. The number of phenols is 1. The molecule has 142 valence electrons. The smallest absolute Gasteiger partial charge is 0.222 e. The van der Waals surface area contributed by atoms with Crippen LogP contribution in [0.3, 0.4) is 0 Å². The molecule has 1 aliphatic heterocycles. The van der Waals surface area contributed by atoms with Gasteiger partial charge in [0.2, 0.25) is 5.91 Å². The third-order valence-corrected chi connectivity index (χ3v) is 6.08. The van der Waals surface area contributed by atoms with Gasteiger partial charge in [0.1, 0.15) is 11.6 Å². The Morgan fingerprint density at radius 3 is 2.70 bits per heavy atom. The number of aryl methyl sites for hydroxylation is 1. The van der Waals surface area contributed by atoms with Gasteiger partial charge >= 0.3 is 0 Å². The SMILES string of the molecule is Cc1cc(N(C)[C@H]2C[C@H]3CC(=O)N(C)C[C@H]3C2)nc(-c2ccccc2O)n1. The zero-order valence-corrected chi connectivity index (χ0v) is 16.1. The number of fused-ring (bicyclic) bond motifs is 1. The molecule has 6 nitrogen and oxygen atoms in total. The molecule has 0 bridgehead atoms. The van der Waals surface area contributed by atoms with E-state index >= 15 is 0 Å². The number of rotatable bonds is 3. The molecule has 0 unspecified atom stereocenters. The van der Waals surface area contributed by atoms with E-state index in [-0.39, 0.29) is 11.7 Å². The first kappa shape index (κ1) is 17.8. The number of nitrogens with zero attached hydrogens (tertiary/aromatic N) is 4. The molecule has 27 heavy (non-hydrogen) atoms.